The molecule has 0 atom stereocenters. The standard InChI is InChI=1S/C15H19N3O2/c1-2-20-14(19)7-8-17-15-12(10-16)9-11-5-3-4-6-13(11)18-15/h9H,2-8H2,1H3,(H,17,18). The van der Waals surface area contributed by atoms with Crippen LogP contribution in [0.3, 0.4) is 0 Å². The highest BCUT2D eigenvalue weighted by Gasteiger charge is 2.15. The highest BCUT2D eigenvalue weighted by atomic mass is 16.5. The zero-order chi connectivity index (χ0) is 14.4. The normalized spacial score (nSPS) is 13.2. The number of carbonyl (C=O) groups excluding carboxylic acids is 1. The Morgan fingerprint density at radius 3 is 3.05 bits per heavy atom. The van der Waals surface area contributed by atoms with Gasteiger partial charge < -0.3 is 10.1 Å². The molecule has 5 heteroatoms. The van der Waals surface area contributed by atoms with Crippen LogP contribution in [0.4, 0.5) is 5.82 Å². The van der Waals surface area contributed by atoms with E-state index in [4.69, 9.17) is 4.74 Å². The molecule has 0 aromatic carbocycles. The first-order chi connectivity index (χ1) is 9.74. The molecular weight excluding hydrogens is 254 g/mol. The first kappa shape index (κ1) is 14.3. The molecule has 1 heterocycles. The van der Waals surface area contributed by atoms with Crippen LogP contribution < -0.4 is 5.32 Å². The molecule has 0 saturated heterocycles. The number of hydrogen-bond donors (Lipinski definition) is 1. The number of aryl methyl sites for hydroxylation is 2. The molecule has 1 N–H and O–H groups in total. The number of nitriles is 1. The van der Waals surface area contributed by atoms with Crippen molar-refractivity contribution in [2.24, 2.45) is 0 Å². The molecule has 0 amide bonds. The number of rotatable bonds is 5. The molecule has 1 aliphatic carbocycles. The summed E-state index contributed by atoms with van der Waals surface area (Å²) in [4.78, 5) is 15.8. The SMILES string of the molecule is CCOC(=O)CCNc1nc2c(cc1C#N)CCCC2. The number of ether oxygens (including phenoxy) is 1. The maximum absolute atomic E-state index is 11.3. The van der Waals surface area contributed by atoms with E-state index in [-0.39, 0.29) is 12.4 Å². The van der Waals surface area contributed by atoms with Gasteiger partial charge in [-0.3, -0.25) is 4.79 Å². The van der Waals surface area contributed by atoms with Gasteiger partial charge in [0.1, 0.15) is 11.9 Å². The van der Waals surface area contributed by atoms with Crippen molar-refractivity contribution < 1.29 is 9.53 Å². The lowest BCUT2D eigenvalue weighted by molar-refractivity contribution is -0.142. The number of aromatic nitrogens is 1. The van der Waals surface area contributed by atoms with Crippen molar-refractivity contribution >= 4 is 11.8 Å². The van der Waals surface area contributed by atoms with Gasteiger partial charge in [0.15, 0.2) is 0 Å². The monoisotopic (exact) mass is 273 g/mol. The molecule has 0 fully saturated rings. The number of pyridine rings is 1. The summed E-state index contributed by atoms with van der Waals surface area (Å²) in [5, 5.41) is 12.3. The third kappa shape index (κ3) is 3.47. The van der Waals surface area contributed by atoms with Crippen LogP contribution in [0.5, 0.6) is 0 Å². The van der Waals surface area contributed by atoms with Crippen molar-refractivity contribution in [3.05, 3.63) is 22.9 Å². The number of esters is 1. The van der Waals surface area contributed by atoms with Crippen molar-refractivity contribution in [2.45, 2.75) is 39.0 Å². The van der Waals surface area contributed by atoms with Gasteiger partial charge in [-0.25, -0.2) is 4.98 Å². The van der Waals surface area contributed by atoms with E-state index >= 15 is 0 Å². The molecular formula is C15H19N3O2. The Hall–Kier alpha value is -2.09. The summed E-state index contributed by atoms with van der Waals surface area (Å²) in [6.45, 7) is 2.60. The molecule has 1 aromatic heterocycles. The zero-order valence-corrected chi connectivity index (χ0v) is 11.7. The minimum absolute atomic E-state index is 0.239. The molecule has 1 aliphatic rings. The first-order valence-corrected chi connectivity index (χ1v) is 7.07. The van der Waals surface area contributed by atoms with Gasteiger partial charge in [0, 0.05) is 12.2 Å². The zero-order valence-electron chi connectivity index (χ0n) is 11.7. The number of hydrogen-bond acceptors (Lipinski definition) is 5. The summed E-state index contributed by atoms with van der Waals surface area (Å²) in [5.74, 6) is 0.342. The number of anilines is 1. The van der Waals surface area contributed by atoms with Gasteiger partial charge in [-0.05, 0) is 44.2 Å². The van der Waals surface area contributed by atoms with Crippen molar-refractivity contribution in [1.82, 2.24) is 4.98 Å². The van der Waals surface area contributed by atoms with Crippen molar-refractivity contribution in [2.75, 3.05) is 18.5 Å². The fourth-order valence-electron chi connectivity index (χ4n) is 2.37. The van der Waals surface area contributed by atoms with E-state index in [1.807, 2.05) is 6.07 Å². The molecule has 5 nitrogen and oxygen atoms in total. The van der Waals surface area contributed by atoms with Crippen molar-refractivity contribution in [3.63, 3.8) is 0 Å². The van der Waals surface area contributed by atoms with Gasteiger partial charge in [-0.15, -0.1) is 0 Å². The molecule has 0 aliphatic heterocycles. The smallest absolute Gasteiger partial charge is 0.307 e. The van der Waals surface area contributed by atoms with Gasteiger partial charge in [-0.2, -0.15) is 5.26 Å². The van der Waals surface area contributed by atoms with Crippen LogP contribution in [0.2, 0.25) is 0 Å². The van der Waals surface area contributed by atoms with E-state index in [0.29, 0.717) is 24.5 Å². The number of nitrogens with one attached hydrogen (secondary N) is 1. The van der Waals surface area contributed by atoms with E-state index in [1.165, 1.54) is 5.56 Å². The summed E-state index contributed by atoms with van der Waals surface area (Å²) < 4.78 is 4.86. The Morgan fingerprint density at radius 2 is 2.30 bits per heavy atom. The molecule has 106 valence electrons. The van der Waals surface area contributed by atoms with E-state index in [1.54, 1.807) is 6.92 Å². The predicted molar refractivity (Wildman–Crippen MR) is 75.3 cm³/mol. The van der Waals surface area contributed by atoms with Crippen LogP contribution in [0.25, 0.3) is 0 Å². The summed E-state index contributed by atoms with van der Waals surface area (Å²) in [6.07, 6.45) is 4.55. The van der Waals surface area contributed by atoms with Gasteiger partial charge in [0.2, 0.25) is 0 Å². The van der Waals surface area contributed by atoms with Crippen LogP contribution in [0.1, 0.15) is 43.0 Å². The van der Waals surface area contributed by atoms with E-state index < -0.39 is 0 Å². The Labute approximate surface area is 119 Å². The highest BCUT2D eigenvalue weighted by Crippen LogP contribution is 2.24. The van der Waals surface area contributed by atoms with E-state index in [0.717, 1.165) is 31.4 Å². The van der Waals surface area contributed by atoms with Crippen molar-refractivity contribution in [3.8, 4) is 6.07 Å². The summed E-state index contributed by atoms with van der Waals surface area (Å²) in [7, 11) is 0. The molecule has 0 radical (unpaired) electrons. The molecule has 2 rings (SSSR count). The van der Waals surface area contributed by atoms with E-state index in [2.05, 4.69) is 16.4 Å². The molecule has 1 aromatic rings. The minimum Gasteiger partial charge on any atom is -0.466 e. The van der Waals surface area contributed by atoms with Crippen LogP contribution in [0, 0.1) is 11.3 Å². The highest BCUT2D eigenvalue weighted by molar-refractivity contribution is 5.70. The average Bonchev–Trinajstić information content (AvgIpc) is 2.46. The van der Waals surface area contributed by atoms with Crippen molar-refractivity contribution in [1.29, 1.82) is 5.26 Å². The second-order valence-corrected chi connectivity index (χ2v) is 4.79. The van der Waals surface area contributed by atoms with Crippen LogP contribution in [-0.2, 0) is 22.4 Å². The number of carbonyl (C=O) groups is 1. The van der Waals surface area contributed by atoms with Gasteiger partial charge in [0.25, 0.3) is 0 Å². The molecule has 0 unspecified atom stereocenters. The molecule has 0 saturated carbocycles. The third-order valence-electron chi connectivity index (χ3n) is 3.35. The Bertz CT molecular complexity index is 535. The Kier molecular flexibility index (Phi) is 4.94. The number of fused-ring (bicyclic) bond motifs is 1. The molecule has 0 bridgehead atoms. The Balaban J connectivity index is 2.03. The maximum atomic E-state index is 11.3. The fourth-order valence-corrected chi connectivity index (χ4v) is 2.37. The minimum atomic E-state index is -0.239. The average molecular weight is 273 g/mol. The lowest BCUT2D eigenvalue weighted by Gasteiger charge is -2.17. The van der Waals surface area contributed by atoms with Crippen LogP contribution in [-0.4, -0.2) is 24.1 Å². The summed E-state index contributed by atoms with van der Waals surface area (Å²) in [6, 6.07) is 4.09. The summed E-state index contributed by atoms with van der Waals surface area (Å²) in [5.41, 5.74) is 2.81. The third-order valence-corrected chi connectivity index (χ3v) is 3.35. The van der Waals surface area contributed by atoms with Gasteiger partial charge in [-0.1, -0.05) is 0 Å². The lowest BCUT2D eigenvalue weighted by Crippen LogP contribution is -2.14. The molecule has 0 spiro atoms. The van der Waals surface area contributed by atoms with Crippen LogP contribution in [0.15, 0.2) is 6.07 Å². The first-order valence-electron chi connectivity index (χ1n) is 7.07. The molecule has 20 heavy (non-hydrogen) atoms. The van der Waals surface area contributed by atoms with Crippen LogP contribution >= 0.6 is 0 Å². The van der Waals surface area contributed by atoms with E-state index in [9.17, 15) is 10.1 Å². The largest absolute Gasteiger partial charge is 0.466 e. The predicted octanol–water partition coefficient (Wildman–Crippen LogP) is 2.20. The summed E-state index contributed by atoms with van der Waals surface area (Å²) >= 11 is 0. The maximum Gasteiger partial charge on any atom is 0.307 e. The Morgan fingerprint density at radius 1 is 1.50 bits per heavy atom. The second-order valence-electron chi connectivity index (χ2n) is 4.79. The second kappa shape index (κ2) is 6.90. The number of nitrogens with zero attached hydrogens (tertiary/aromatic N) is 2. The lowest BCUT2D eigenvalue weighted by atomic mass is 9.95. The van der Waals surface area contributed by atoms with Gasteiger partial charge >= 0.3 is 5.97 Å². The fraction of sp³-hybridized carbons (Fsp3) is 0.533. The quantitative estimate of drug-likeness (QED) is 0.832. The topological polar surface area (TPSA) is 75.0 Å². The van der Waals surface area contributed by atoms with Gasteiger partial charge in [0.05, 0.1) is 18.6 Å².